The first-order chi connectivity index (χ1) is 19.9. The Morgan fingerprint density at radius 3 is 2.24 bits per heavy atom. The van der Waals surface area contributed by atoms with Crippen LogP contribution in [-0.2, 0) is 29.0 Å². The molecule has 1 N–H and O–H groups in total. The highest BCUT2D eigenvalue weighted by atomic mass is 19.1. The monoisotopic (exact) mass is 553 g/mol. The van der Waals surface area contributed by atoms with Crippen LogP contribution < -0.4 is 5.32 Å². The SMILES string of the molecule is C#CCN1CC(=O)N2C(Cc3ccccc3)C(=O)N(CCc3ccc(F)cc3)CC2N1C(=O)NCc1ccccc1. The summed E-state index contributed by atoms with van der Waals surface area (Å²) in [6.45, 7) is 0.705. The number of hydrogen-bond donors (Lipinski definition) is 1. The van der Waals surface area contributed by atoms with Crippen molar-refractivity contribution in [3.63, 3.8) is 0 Å². The normalized spacial score (nSPS) is 19.1. The highest BCUT2D eigenvalue weighted by Gasteiger charge is 2.51. The van der Waals surface area contributed by atoms with Crippen molar-refractivity contribution in [3.8, 4) is 12.3 Å². The minimum absolute atomic E-state index is 0.0573. The molecule has 2 atom stereocenters. The molecule has 2 unspecified atom stereocenters. The lowest BCUT2D eigenvalue weighted by Crippen LogP contribution is -2.76. The Balaban J connectivity index is 1.45. The van der Waals surface area contributed by atoms with E-state index in [1.54, 1.807) is 26.9 Å². The molecule has 0 saturated carbocycles. The van der Waals surface area contributed by atoms with E-state index in [0.29, 0.717) is 25.9 Å². The maximum Gasteiger partial charge on any atom is 0.334 e. The summed E-state index contributed by atoms with van der Waals surface area (Å²) in [5, 5.41) is 6.02. The number of nitrogens with zero attached hydrogens (tertiary/aromatic N) is 4. The lowest BCUT2D eigenvalue weighted by Gasteiger charge is -2.55. The van der Waals surface area contributed by atoms with Gasteiger partial charge >= 0.3 is 6.03 Å². The van der Waals surface area contributed by atoms with Crippen LogP contribution in [-0.4, -0.2) is 76.0 Å². The first kappa shape index (κ1) is 27.9. The van der Waals surface area contributed by atoms with Crippen LogP contribution in [0.1, 0.15) is 16.7 Å². The Morgan fingerprint density at radius 1 is 0.927 bits per heavy atom. The molecule has 9 heteroatoms. The van der Waals surface area contributed by atoms with Gasteiger partial charge in [0.15, 0.2) is 0 Å². The summed E-state index contributed by atoms with van der Waals surface area (Å²) >= 11 is 0. The van der Waals surface area contributed by atoms with Crippen molar-refractivity contribution in [1.29, 1.82) is 0 Å². The predicted octanol–water partition coefficient (Wildman–Crippen LogP) is 3.05. The zero-order chi connectivity index (χ0) is 28.8. The number of piperazine rings is 1. The Kier molecular flexibility index (Phi) is 8.61. The molecular weight excluding hydrogens is 521 g/mol. The molecule has 2 heterocycles. The van der Waals surface area contributed by atoms with E-state index in [1.807, 2.05) is 60.7 Å². The molecule has 5 rings (SSSR count). The van der Waals surface area contributed by atoms with Crippen molar-refractivity contribution in [3.05, 3.63) is 107 Å². The van der Waals surface area contributed by atoms with Crippen LogP contribution in [0.15, 0.2) is 84.9 Å². The molecule has 2 fully saturated rings. The number of carbonyl (C=O) groups excluding carboxylic acids is 3. The summed E-state index contributed by atoms with van der Waals surface area (Å²) in [5.74, 6) is 1.79. The number of benzene rings is 3. The van der Waals surface area contributed by atoms with Crippen molar-refractivity contribution < 1.29 is 18.8 Å². The number of fused-ring (bicyclic) bond motifs is 1. The molecule has 2 aliphatic heterocycles. The molecule has 41 heavy (non-hydrogen) atoms. The van der Waals surface area contributed by atoms with Gasteiger partial charge in [-0.2, -0.15) is 5.01 Å². The van der Waals surface area contributed by atoms with Gasteiger partial charge in [-0.05, 0) is 35.2 Å². The van der Waals surface area contributed by atoms with E-state index in [9.17, 15) is 18.8 Å². The average Bonchev–Trinajstić information content (AvgIpc) is 2.98. The third kappa shape index (κ3) is 6.39. The molecule has 0 aliphatic carbocycles. The number of hydrazine groups is 1. The van der Waals surface area contributed by atoms with Crippen LogP contribution in [0.4, 0.5) is 9.18 Å². The van der Waals surface area contributed by atoms with Gasteiger partial charge in [0.05, 0.1) is 19.6 Å². The second-order valence-electron chi connectivity index (χ2n) is 10.2. The molecule has 3 aromatic carbocycles. The summed E-state index contributed by atoms with van der Waals surface area (Å²) in [5.41, 5.74) is 2.72. The molecule has 0 spiro atoms. The Bertz CT molecular complexity index is 1410. The van der Waals surface area contributed by atoms with E-state index in [1.165, 1.54) is 17.1 Å². The number of halogens is 1. The number of amides is 4. The molecule has 3 aromatic rings. The molecule has 2 saturated heterocycles. The van der Waals surface area contributed by atoms with E-state index in [-0.39, 0.29) is 37.3 Å². The predicted molar refractivity (Wildman–Crippen MR) is 152 cm³/mol. The Hall–Kier alpha value is -4.68. The number of hydrogen-bond acceptors (Lipinski definition) is 4. The van der Waals surface area contributed by atoms with Gasteiger partial charge in [0.25, 0.3) is 0 Å². The van der Waals surface area contributed by atoms with Gasteiger partial charge < -0.3 is 15.1 Å². The molecule has 0 bridgehead atoms. The van der Waals surface area contributed by atoms with Crippen LogP contribution >= 0.6 is 0 Å². The molecule has 210 valence electrons. The highest BCUT2D eigenvalue weighted by molar-refractivity contribution is 5.91. The van der Waals surface area contributed by atoms with E-state index < -0.39 is 18.2 Å². The van der Waals surface area contributed by atoms with Gasteiger partial charge in [0.1, 0.15) is 18.0 Å². The van der Waals surface area contributed by atoms with Crippen LogP contribution in [0.5, 0.6) is 0 Å². The second kappa shape index (κ2) is 12.7. The zero-order valence-electron chi connectivity index (χ0n) is 22.7. The smallest absolute Gasteiger partial charge is 0.334 e. The maximum absolute atomic E-state index is 13.9. The Labute approximate surface area is 239 Å². The van der Waals surface area contributed by atoms with E-state index >= 15 is 0 Å². The van der Waals surface area contributed by atoms with Crippen LogP contribution in [0.2, 0.25) is 0 Å². The fourth-order valence-electron chi connectivity index (χ4n) is 5.45. The fourth-order valence-corrected chi connectivity index (χ4v) is 5.45. The second-order valence-corrected chi connectivity index (χ2v) is 10.2. The quantitative estimate of drug-likeness (QED) is 0.435. The van der Waals surface area contributed by atoms with Gasteiger partial charge in [0, 0.05) is 19.5 Å². The first-order valence-corrected chi connectivity index (χ1v) is 13.6. The number of carbonyl (C=O) groups is 3. The number of rotatable bonds is 8. The zero-order valence-corrected chi connectivity index (χ0v) is 22.7. The van der Waals surface area contributed by atoms with Crippen LogP contribution in [0.25, 0.3) is 0 Å². The van der Waals surface area contributed by atoms with Crippen molar-refractivity contribution in [2.24, 2.45) is 0 Å². The third-order valence-electron chi connectivity index (χ3n) is 7.45. The lowest BCUT2D eigenvalue weighted by molar-refractivity contribution is -0.188. The van der Waals surface area contributed by atoms with Crippen molar-refractivity contribution in [2.75, 3.05) is 26.2 Å². The first-order valence-electron chi connectivity index (χ1n) is 13.6. The van der Waals surface area contributed by atoms with Gasteiger partial charge in [-0.1, -0.05) is 78.7 Å². The molecular formula is C32H32FN5O3. The molecule has 0 aromatic heterocycles. The van der Waals surface area contributed by atoms with Gasteiger partial charge in [0.2, 0.25) is 11.8 Å². The summed E-state index contributed by atoms with van der Waals surface area (Å²) in [6, 6.07) is 24.0. The molecule has 8 nitrogen and oxygen atoms in total. The summed E-state index contributed by atoms with van der Waals surface area (Å²) in [6.07, 6.45) is 5.69. The maximum atomic E-state index is 13.9. The minimum Gasteiger partial charge on any atom is -0.337 e. The van der Waals surface area contributed by atoms with Crippen molar-refractivity contribution >= 4 is 17.8 Å². The van der Waals surface area contributed by atoms with E-state index in [4.69, 9.17) is 6.42 Å². The van der Waals surface area contributed by atoms with E-state index in [2.05, 4.69) is 11.2 Å². The van der Waals surface area contributed by atoms with Gasteiger partial charge in [-0.25, -0.2) is 14.2 Å². The van der Waals surface area contributed by atoms with Crippen LogP contribution in [0.3, 0.4) is 0 Å². The number of terminal acetylenes is 1. The molecule has 4 amide bonds. The molecule has 0 radical (unpaired) electrons. The third-order valence-corrected chi connectivity index (χ3v) is 7.45. The van der Waals surface area contributed by atoms with Gasteiger partial charge in [-0.15, -0.1) is 6.42 Å². The summed E-state index contributed by atoms with van der Waals surface area (Å²) in [7, 11) is 0. The van der Waals surface area contributed by atoms with E-state index in [0.717, 1.165) is 16.7 Å². The van der Waals surface area contributed by atoms with Crippen molar-refractivity contribution in [1.82, 2.24) is 25.1 Å². The largest absolute Gasteiger partial charge is 0.337 e. The topological polar surface area (TPSA) is 76.2 Å². The fraction of sp³-hybridized carbons (Fsp3) is 0.281. The number of nitrogens with one attached hydrogen (secondary N) is 1. The highest BCUT2D eigenvalue weighted by Crippen LogP contribution is 2.28. The summed E-state index contributed by atoms with van der Waals surface area (Å²) in [4.78, 5) is 44.4. The van der Waals surface area contributed by atoms with Gasteiger partial charge in [-0.3, -0.25) is 9.59 Å². The summed E-state index contributed by atoms with van der Waals surface area (Å²) < 4.78 is 13.4. The molecule has 2 aliphatic rings. The Morgan fingerprint density at radius 2 is 1.59 bits per heavy atom. The van der Waals surface area contributed by atoms with Crippen LogP contribution in [0, 0.1) is 18.2 Å². The lowest BCUT2D eigenvalue weighted by atomic mass is 9.98. The minimum atomic E-state index is -0.797. The number of urea groups is 1. The average molecular weight is 554 g/mol. The standard InChI is InChI=1S/C32H32FN5O3/c1-2-18-36-23-30(39)37-28(20-25-9-5-3-6-10-25)31(40)35(19-17-24-13-15-27(33)16-14-24)22-29(37)38(36)32(41)34-21-26-11-7-4-8-12-26/h1,3-16,28-29H,17-23H2,(H,34,41). The van der Waals surface area contributed by atoms with Crippen molar-refractivity contribution in [2.45, 2.75) is 31.6 Å².